The van der Waals surface area contributed by atoms with Gasteiger partial charge in [-0.2, -0.15) is 0 Å². The van der Waals surface area contributed by atoms with E-state index in [2.05, 4.69) is 25.9 Å². The van der Waals surface area contributed by atoms with Crippen LogP contribution in [0.15, 0.2) is 34.3 Å². The van der Waals surface area contributed by atoms with Crippen LogP contribution in [0, 0.1) is 5.92 Å². The maximum Gasteiger partial charge on any atom is 0.243 e. The van der Waals surface area contributed by atoms with Crippen molar-refractivity contribution in [3.8, 4) is 0 Å². The van der Waals surface area contributed by atoms with Crippen molar-refractivity contribution < 1.29 is 19.2 Å². The van der Waals surface area contributed by atoms with E-state index < -0.39 is 35.8 Å². The Kier molecular flexibility index (Phi) is 16.4. The van der Waals surface area contributed by atoms with E-state index in [-0.39, 0.29) is 56.0 Å². The lowest BCUT2D eigenvalue weighted by atomic mass is 10.0. The molecule has 0 heterocycles. The number of guanidine groups is 2. The van der Waals surface area contributed by atoms with Crippen LogP contribution in [-0.4, -0.2) is 66.8 Å². The van der Waals surface area contributed by atoms with E-state index in [0.717, 1.165) is 0 Å². The second-order valence-corrected chi connectivity index (χ2v) is 10.8. The molecule has 42 heavy (non-hydrogen) atoms. The van der Waals surface area contributed by atoms with Gasteiger partial charge in [-0.05, 0) is 55.7 Å². The highest BCUT2D eigenvalue weighted by Crippen LogP contribution is 2.13. The first-order valence-electron chi connectivity index (χ1n) is 13.8. The van der Waals surface area contributed by atoms with Crippen LogP contribution >= 0.6 is 11.6 Å². The summed E-state index contributed by atoms with van der Waals surface area (Å²) in [5.41, 5.74) is 27.6. The van der Waals surface area contributed by atoms with E-state index in [4.69, 9.17) is 40.3 Å². The monoisotopic (exact) mass is 608 g/mol. The maximum absolute atomic E-state index is 13.4. The number of benzene rings is 1. The van der Waals surface area contributed by atoms with Gasteiger partial charge in [0.1, 0.15) is 18.1 Å². The molecule has 4 amide bonds. The third kappa shape index (κ3) is 15.6. The summed E-state index contributed by atoms with van der Waals surface area (Å²) in [6.45, 7) is 4.41. The fraction of sp³-hybridized carbons (Fsp3) is 0.556. The molecule has 0 bridgehead atoms. The number of rotatable bonds is 19. The smallest absolute Gasteiger partial charge is 0.243 e. The van der Waals surface area contributed by atoms with Gasteiger partial charge < -0.3 is 44.6 Å². The normalized spacial score (nSPS) is 12.9. The average Bonchev–Trinajstić information content (AvgIpc) is 2.88. The van der Waals surface area contributed by atoms with Crippen LogP contribution in [0.4, 0.5) is 0 Å². The molecule has 0 aromatic heterocycles. The molecule has 0 radical (unpaired) electrons. The molecule has 0 fully saturated rings. The summed E-state index contributed by atoms with van der Waals surface area (Å²) in [7, 11) is 0. The molecule has 0 saturated carbocycles. The lowest BCUT2D eigenvalue weighted by Gasteiger charge is -2.26. The molecule has 0 spiro atoms. The first kappa shape index (κ1) is 36.0. The Morgan fingerprint density at radius 3 is 1.98 bits per heavy atom. The van der Waals surface area contributed by atoms with Gasteiger partial charge >= 0.3 is 0 Å². The second-order valence-electron chi connectivity index (χ2n) is 10.3. The Bertz CT molecular complexity index is 1100. The Morgan fingerprint density at radius 1 is 0.810 bits per heavy atom. The van der Waals surface area contributed by atoms with E-state index in [1.54, 1.807) is 24.3 Å². The number of primary amides is 1. The lowest BCUT2D eigenvalue weighted by Crippen LogP contribution is -2.57. The summed E-state index contributed by atoms with van der Waals surface area (Å²) in [5, 5.41) is 8.61. The van der Waals surface area contributed by atoms with Gasteiger partial charge in [-0.3, -0.25) is 29.2 Å². The van der Waals surface area contributed by atoms with Gasteiger partial charge in [0.2, 0.25) is 23.6 Å². The Labute approximate surface area is 251 Å². The Morgan fingerprint density at radius 2 is 1.40 bits per heavy atom. The van der Waals surface area contributed by atoms with Gasteiger partial charge in [-0.1, -0.05) is 37.6 Å². The molecule has 1 aromatic carbocycles. The molecule has 0 aliphatic heterocycles. The minimum atomic E-state index is -1.03. The number of carbonyl (C=O) groups excluding carboxylic acids is 4. The van der Waals surface area contributed by atoms with Crippen LogP contribution in [-0.2, 0) is 25.6 Å². The van der Waals surface area contributed by atoms with Crippen molar-refractivity contribution in [2.45, 2.75) is 76.9 Å². The summed E-state index contributed by atoms with van der Waals surface area (Å²) in [6, 6.07) is 3.88. The second kappa shape index (κ2) is 19.1. The first-order chi connectivity index (χ1) is 19.8. The minimum Gasteiger partial charge on any atom is -0.370 e. The minimum absolute atomic E-state index is 0.0149. The summed E-state index contributed by atoms with van der Waals surface area (Å²) < 4.78 is 0. The SMILES string of the molecule is CC(C)C[C@H](NC(=O)[C@H](CCCN=C(N)N)NC(=O)CCCCN=C(N)N)C(=O)N[C@@H](Cc1cccc(Cl)c1)C(N)=O. The zero-order valence-electron chi connectivity index (χ0n) is 24.3. The fourth-order valence-electron chi connectivity index (χ4n) is 4.01. The number of nitrogens with two attached hydrogens (primary N) is 5. The Balaban J connectivity index is 2.97. The number of amides is 4. The van der Waals surface area contributed by atoms with Gasteiger partial charge in [-0.25, -0.2) is 0 Å². The van der Waals surface area contributed by atoms with E-state index in [0.29, 0.717) is 36.4 Å². The van der Waals surface area contributed by atoms with Gasteiger partial charge in [0.05, 0.1) is 0 Å². The summed E-state index contributed by atoms with van der Waals surface area (Å²) in [5.74, 6) is -2.31. The van der Waals surface area contributed by atoms with Crippen molar-refractivity contribution in [1.29, 1.82) is 0 Å². The molecule has 0 aliphatic rings. The highest BCUT2D eigenvalue weighted by Gasteiger charge is 2.29. The highest BCUT2D eigenvalue weighted by molar-refractivity contribution is 6.30. The highest BCUT2D eigenvalue weighted by atomic mass is 35.5. The molecule has 13 N–H and O–H groups in total. The number of halogens is 1. The first-order valence-corrected chi connectivity index (χ1v) is 14.2. The number of aliphatic imine (C=N–C) groups is 2. The standard InChI is InChI=1S/C27H45ClN10O4/c1-16(2)13-21(25(42)37-20(23(29)40)15-17-7-5-8-18(28)14-17)38-24(41)19(9-6-12-35-27(32)33)36-22(39)10-3-4-11-34-26(30)31/h5,7-8,14,16,19-21H,3-4,6,9-13,15H2,1-2H3,(H2,29,40)(H,36,39)(H,37,42)(H,38,41)(H4,30,31,34)(H4,32,33,35)/t19-,20-,21-/m0/s1. The van der Waals surface area contributed by atoms with Crippen molar-refractivity contribution in [1.82, 2.24) is 16.0 Å². The van der Waals surface area contributed by atoms with E-state index >= 15 is 0 Å². The molecular formula is C27H45ClN10O4. The number of nitrogens with zero attached hydrogens (tertiary/aromatic N) is 2. The zero-order valence-corrected chi connectivity index (χ0v) is 25.0. The van der Waals surface area contributed by atoms with E-state index in [1.165, 1.54) is 0 Å². The molecule has 1 aromatic rings. The Hall–Kier alpha value is -4.07. The van der Waals surface area contributed by atoms with E-state index in [9.17, 15) is 19.2 Å². The van der Waals surface area contributed by atoms with Crippen molar-refractivity contribution in [3.05, 3.63) is 34.9 Å². The molecular weight excluding hydrogens is 564 g/mol. The number of unbranched alkanes of at least 4 members (excludes halogenated alkanes) is 1. The average molecular weight is 609 g/mol. The molecule has 15 heteroatoms. The van der Waals surface area contributed by atoms with Crippen LogP contribution < -0.4 is 44.6 Å². The van der Waals surface area contributed by atoms with Gasteiger partial charge in [0, 0.05) is 31.0 Å². The van der Waals surface area contributed by atoms with Gasteiger partial charge in [0.15, 0.2) is 11.9 Å². The van der Waals surface area contributed by atoms with Crippen LogP contribution in [0.3, 0.4) is 0 Å². The van der Waals surface area contributed by atoms with Crippen LogP contribution in [0.1, 0.15) is 57.9 Å². The molecule has 3 atom stereocenters. The quantitative estimate of drug-likeness (QED) is 0.0567. The van der Waals surface area contributed by atoms with Crippen molar-refractivity contribution in [2.75, 3.05) is 13.1 Å². The number of hydrogen-bond donors (Lipinski definition) is 8. The number of nitrogens with one attached hydrogen (secondary N) is 3. The molecule has 0 unspecified atom stereocenters. The zero-order chi connectivity index (χ0) is 31.7. The third-order valence-electron chi connectivity index (χ3n) is 6.03. The van der Waals surface area contributed by atoms with Crippen molar-refractivity contribution in [3.63, 3.8) is 0 Å². The van der Waals surface area contributed by atoms with Crippen LogP contribution in [0.25, 0.3) is 0 Å². The lowest BCUT2D eigenvalue weighted by molar-refractivity contribution is -0.133. The maximum atomic E-state index is 13.4. The van der Waals surface area contributed by atoms with Crippen molar-refractivity contribution in [2.24, 2.45) is 44.6 Å². The van der Waals surface area contributed by atoms with Crippen LogP contribution in [0.2, 0.25) is 5.02 Å². The van der Waals surface area contributed by atoms with Gasteiger partial charge in [-0.15, -0.1) is 0 Å². The molecule has 0 aliphatic carbocycles. The summed E-state index contributed by atoms with van der Waals surface area (Å²) in [6.07, 6.45) is 2.25. The fourth-order valence-corrected chi connectivity index (χ4v) is 4.23. The number of carbonyl (C=O) groups is 4. The summed E-state index contributed by atoms with van der Waals surface area (Å²) >= 11 is 6.04. The topological polar surface area (TPSA) is 259 Å². The third-order valence-corrected chi connectivity index (χ3v) is 6.27. The molecule has 1 rings (SSSR count). The predicted octanol–water partition coefficient (Wildman–Crippen LogP) is -0.634. The predicted molar refractivity (Wildman–Crippen MR) is 164 cm³/mol. The van der Waals surface area contributed by atoms with Crippen molar-refractivity contribution >= 4 is 47.1 Å². The molecule has 0 saturated heterocycles. The van der Waals surface area contributed by atoms with Gasteiger partial charge in [0.25, 0.3) is 0 Å². The molecule has 14 nitrogen and oxygen atoms in total. The largest absolute Gasteiger partial charge is 0.370 e. The van der Waals surface area contributed by atoms with E-state index in [1.807, 2.05) is 13.8 Å². The summed E-state index contributed by atoms with van der Waals surface area (Å²) in [4.78, 5) is 59.2. The number of hydrogen-bond acceptors (Lipinski definition) is 6. The molecule has 234 valence electrons. The van der Waals surface area contributed by atoms with Crippen LogP contribution in [0.5, 0.6) is 0 Å².